The highest BCUT2D eigenvalue weighted by Crippen LogP contribution is 2.53. The van der Waals surface area contributed by atoms with Gasteiger partial charge in [-0.15, -0.1) is 0 Å². The molecule has 0 aromatic heterocycles. The summed E-state index contributed by atoms with van der Waals surface area (Å²) in [7, 11) is 0. The fraction of sp³-hybridized carbons (Fsp3) is 0.455. The lowest BCUT2D eigenvalue weighted by Gasteiger charge is -2.15. The van der Waals surface area contributed by atoms with Gasteiger partial charge >= 0.3 is 0 Å². The predicted molar refractivity (Wildman–Crippen MR) is 54.2 cm³/mol. The minimum atomic E-state index is -0.0228. The summed E-state index contributed by atoms with van der Waals surface area (Å²) in [6.45, 7) is 0.800. The van der Waals surface area contributed by atoms with Gasteiger partial charge in [-0.25, -0.2) is 0 Å². The highest BCUT2D eigenvalue weighted by molar-refractivity contribution is 5.55. The zero-order valence-electron chi connectivity index (χ0n) is 8.32. The molecule has 15 heavy (non-hydrogen) atoms. The second-order valence-corrected chi connectivity index (χ2v) is 4.21. The summed E-state index contributed by atoms with van der Waals surface area (Å²) < 4.78 is 10.5. The number of fused-ring (bicyclic) bond motifs is 1. The predicted octanol–water partition coefficient (Wildman–Crippen LogP) is 1.11. The standard InChI is InChI=1S/C11H13NO3/c12-5-11(1-2-11)7-3-9-10(4-8(7)13)15-6-14-9/h3-4,13H,1-2,5-6,12H2. The van der Waals surface area contributed by atoms with E-state index >= 15 is 0 Å². The smallest absolute Gasteiger partial charge is 0.231 e. The van der Waals surface area contributed by atoms with Crippen LogP contribution in [-0.4, -0.2) is 18.4 Å². The van der Waals surface area contributed by atoms with Gasteiger partial charge in [0.15, 0.2) is 11.5 Å². The van der Waals surface area contributed by atoms with Crippen molar-refractivity contribution in [1.29, 1.82) is 0 Å². The number of hydrogen-bond donors (Lipinski definition) is 2. The Morgan fingerprint density at radius 1 is 1.27 bits per heavy atom. The van der Waals surface area contributed by atoms with Crippen LogP contribution in [0.2, 0.25) is 0 Å². The average Bonchev–Trinajstić information content (AvgIpc) is 2.91. The van der Waals surface area contributed by atoms with Gasteiger partial charge in [-0.3, -0.25) is 0 Å². The van der Waals surface area contributed by atoms with Gasteiger partial charge in [0.25, 0.3) is 0 Å². The van der Waals surface area contributed by atoms with E-state index in [1.165, 1.54) is 0 Å². The highest BCUT2D eigenvalue weighted by Gasteiger charge is 2.45. The molecule has 0 spiro atoms. The quantitative estimate of drug-likeness (QED) is 0.762. The van der Waals surface area contributed by atoms with E-state index < -0.39 is 0 Å². The van der Waals surface area contributed by atoms with Gasteiger partial charge in [-0.2, -0.15) is 0 Å². The Kier molecular flexibility index (Phi) is 1.65. The fourth-order valence-corrected chi connectivity index (χ4v) is 2.09. The molecule has 0 amide bonds. The van der Waals surface area contributed by atoms with E-state index in [1.807, 2.05) is 6.07 Å². The fourth-order valence-electron chi connectivity index (χ4n) is 2.09. The Balaban J connectivity index is 2.09. The van der Waals surface area contributed by atoms with Crippen LogP contribution in [0.25, 0.3) is 0 Å². The molecule has 0 unspecified atom stereocenters. The molecule has 1 heterocycles. The third-order valence-electron chi connectivity index (χ3n) is 3.31. The first kappa shape index (κ1) is 8.85. The number of rotatable bonds is 2. The summed E-state index contributed by atoms with van der Waals surface area (Å²) in [6.07, 6.45) is 2.08. The monoisotopic (exact) mass is 207 g/mol. The van der Waals surface area contributed by atoms with Crippen LogP contribution in [0.1, 0.15) is 18.4 Å². The minimum Gasteiger partial charge on any atom is -0.508 e. The second-order valence-electron chi connectivity index (χ2n) is 4.21. The molecular weight excluding hydrogens is 194 g/mol. The molecule has 1 aromatic carbocycles. The molecule has 0 radical (unpaired) electrons. The van der Waals surface area contributed by atoms with Crippen LogP contribution >= 0.6 is 0 Å². The van der Waals surface area contributed by atoms with E-state index in [1.54, 1.807) is 6.07 Å². The van der Waals surface area contributed by atoms with E-state index in [-0.39, 0.29) is 18.0 Å². The molecule has 1 aliphatic carbocycles. The van der Waals surface area contributed by atoms with Crippen LogP contribution in [-0.2, 0) is 5.41 Å². The number of phenols is 1. The van der Waals surface area contributed by atoms with Gasteiger partial charge in [0, 0.05) is 23.6 Å². The van der Waals surface area contributed by atoms with Crippen LogP contribution in [0, 0.1) is 0 Å². The van der Waals surface area contributed by atoms with E-state index in [0.29, 0.717) is 18.0 Å². The molecule has 2 aliphatic rings. The maximum absolute atomic E-state index is 9.89. The molecule has 0 saturated heterocycles. The van der Waals surface area contributed by atoms with Crippen molar-refractivity contribution in [3.63, 3.8) is 0 Å². The van der Waals surface area contributed by atoms with Crippen LogP contribution in [0.5, 0.6) is 17.2 Å². The lowest BCUT2D eigenvalue weighted by molar-refractivity contribution is 0.174. The number of hydrogen-bond acceptors (Lipinski definition) is 4. The molecule has 1 aliphatic heterocycles. The zero-order valence-corrected chi connectivity index (χ0v) is 8.32. The number of nitrogens with two attached hydrogens (primary N) is 1. The van der Waals surface area contributed by atoms with Gasteiger partial charge in [0.05, 0.1) is 0 Å². The first-order valence-electron chi connectivity index (χ1n) is 5.08. The number of ether oxygens (including phenoxy) is 2. The average molecular weight is 207 g/mol. The minimum absolute atomic E-state index is 0.0228. The SMILES string of the molecule is NCC1(c2cc3c(cc2O)OCO3)CC1. The lowest BCUT2D eigenvalue weighted by Crippen LogP contribution is -2.19. The molecule has 3 N–H and O–H groups in total. The highest BCUT2D eigenvalue weighted by atomic mass is 16.7. The van der Waals surface area contributed by atoms with Crippen molar-refractivity contribution < 1.29 is 14.6 Å². The van der Waals surface area contributed by atoms with E-state index in [4.69, 9.17) is 15.2 Å². The summed E-state index contributed by atoms with van der Waals surface area (Å²) in [5.74, 6) is 1.59. The summed E-state index contributed by atoms with van der Waals surface area (Å²) in [5.41, 5.74) is 6.61. The molecule has 1 aromatic rings. The number of phenolic OH excluding ortho intramolecular Hbond substituents is 1. The van der Waals surface area contributed by atoms with Gasteiger partial charge in [0.1, 0.15) is 5.75 Å². The van der Waals surface area contributed by atoms with E-state index in [2.05, 4.69) is 0 Å². The van der Waals surface area contributed by atoms with Crippen molar-refractivity contribution in [2.45, 2.75) is 18.3 Å². The van der Waals surface area contributed by atoms with Crippen LogP contribution in [0.4, 0.5) is 0 Å². The molecule has 4 nitrogen and oxygen atoms in total. The van der Waals surface area contributed by atoms with Crippen molar-refractivity contribution in [1.82, 2.24) is 0 Å². The Bertz CT molecular complexity index is 413. The normalized spacial score (nSPS) is 20.3. The van der Waals surface area contributed by atoms with E-state index in [0.717, 1.165) is 18.4 Å². The largest absolute Gasteiger partial charge is 0.508 e. The molecule has 1 saturated carbocycles. The Hall–Kier alpha value is -1.42. The maximum atomic E-state index is 9.89. The Morgan fingerprint density at radius 2 is 1.93 bits per heavy atom. The molecular formula is C11H13NO3. The molecule has 0 atom stereocenters. The molecule has 0 bridgehead atoms. The second kappa shape index (κ2) is 2.79. The van der Waals surface area contributed by atoms with Crippen molar-refractivity contribution in [3.05, 3.63) is 17.7 Å². The Labute approximate surface area is 87.6 Å². The van der Waals surface area contributed by atoms with Gasteiger partial charge < -0.3 is 20.3 Å². The molecule has 3 rings (SSSR count). The maximum Gasteiger partial charge on any atom is 0.231 e. The van der Waals surface area contributed by atoms with Crippen LogP contribution < -0.4 is 15.2 Å². The van der Waals surface area contributed by atoms with Crippen molar-refractivity contribution in [2.75, 3.05) is 13.3 Å². The van der Waals surface area contributed by atoms with Crippen LogP contribution in [0.3, 0.4) is 0 Å². The van der Waals surface area contributed by atoms with Gasteiger partial charge in [-0.05, 0) is 18.9 Å². The summed E-state index contributed by atoms with van der Waals surface area (Å²) in [4.78, 5) is 0. The third kappa shape index (κ3) is 1.18. The first-order chi connectivity index (χ1) is 7.25. The van der Waals surface area contributed by atoms with Gasteiger partial charge in [0.2, 0.25) is 6.79 Å². The molecule has 80 valence electrons. The van der Waals surface area contributed by atoms with E-state index in [9.17, 15) is 5.11 Å². The molecule has 4 heteroatoms. The van der Waals surface area contributed by atoms with Crippen LogP contribution in [0.15, 0.2) is 12.1 Å². The molecule has 1 fully saturated rings. The lowest BCUT2D eigenvalue weighted by atomic mass is 9.95. The third-order valence-corrected chi connectivity index (χ3v) is 3.31. The zero-order chi connectivity index (χ0) is 10.5. The topological polar surface area (TPSA) is 64.7 Å². The van der Waals surface area contributed by atoms with Crippen molar-refractivity contribution in [3.8, 4) is 17.2 Å². The first-order valence-corrected chi connectivity index (χ1v) is 5.08. The van der Waals surface area contributed by atoms with Crippen molar-refractivity contribution in [2.24, 2.45) is 5.73 Å². The summed E-state index contributed by atoms with van der Waals surface area (Å²) >= 11 is 0. The Morgan fingerprint density at radius 3 is 2.53 bits per heavy atom. The van der Waals surface area contributed by atoms with Crippen molar-refractivity contribution >= 4 is 0 Å². The van der Waals surface area contributed by atoms with Gasteiger partial charge in [-0.1, -0.05) is 0 Å². The summed E-state index contributed by atoms with van der Waals surface area (Å²) in [6, 6.07) is 3.48. The number of benzene rings is 1. The number of aromatic hydroxyl groups is 1. The summed E-state index contributed by atoms with van der Waals surface area (Å²) in [5, 5.41) is 9.89.